The van der Waals surface area contributed by atoms with Crippen LogP contribution in [0.4, 0.5) is 0 Å². The molecule has 0 atom stereocenters. The molecule has 0 spiro atoms. The predicted molar refractivity (Wildman–Crippen MR) is 92.6 cm³/mol. The standard InChI is InChI=1S/C14H27N3O2.HI/c1-4-19-13(18)6-5-9-16-14(15-3)17-10-7-12(2)8-11-17;/h12H,4-11H2,1-3H3,(H,15,16);1H. The van der Waals surface area contributed by atoms with E-state index in [0.29, 0.717) is 13.0 Å². The molecule has 6 heteroatoms. The number of hydrogen-bond donors (Lipinski definition) is 1. The van der Waals surface area contributed by atoms with Crippen molar-refractivity contribution in [2.45, 2.75) is 39.5 Å². The van der Waals surface area contributed by atoms with E-state index in [2.05, 4.69) is 22.1 Å². The summed E-state index contributed by atoms with van der Waals surface area (Å²) in [5.74, 6) is 1.65. The van der Waals surface area contributed by atoms with E-state index in [9.17, 15) is 4.79 Å². The van der Waals surface area contributed by atoms with Gasteiger partial charge in [0.25, 0.3) is 0 Å². The molecule has 20 heavy (non-hydrogen) atoms. The van der Waals surface area contributed by atoms with Crippen LogP contribution in [-0.4, -0.2) is 50.1 Å². The Morgan fingerprint density at radius 2 is 2.05 bits per heavy atom. The molecule has 118 valence electrons. The molecule has 1 N–H and O–H groups in total. The molecular formula is C14H28IN3O2. The van der Waals surface area contributed by atoms with Crippen LogP contribution in [-0.2, 0) is 9.53 Å². The molecule has 0 unspecified atom stereocenters. The molecule has 5 nitrogen and oxygen atoms in total. The van der Waals surface area contributed by atoms with E-state index in [1.54, 1.807) is 0 Å². The van der Waals surface area contributed by atoms with Crippen molar-refractivity contribution in [1.82, 2.24) is 10.2 Å². The first kappa shape index (κ1) is 19.5. The van der Waals surface area contributed by atoms with Crippen LogP contribution in [0.15, 0.2) is 4.99 Å². The lowest BCUT2D eigenvalue weighted by Gasteiger charge is -2.32. The topological polar surface area (TPSA) is 53.9 Å². The Kier molecular flexibility index (Phi) is 10.9. The second-order valence-corrected chi connectivity index (χ2v) is 5.05. The minimum atomic E-state index is -0.119. The van der Waals surface area contributed by atoms with E-state index in [4.69, 9.17) is 4.74 Å². The summed E-state index contributed by atoms with van der Waals surface area (Å²) < 4.78 is 4.90. The van der Waals surface area contributed by atoms with Crippen molar-refractivity contribution < 1.29 is 9.53 Å². The van der Waals surface area contributed by atoms with Gasteiger partial charge in [0.2, 0.25) is 0 Å². The van der Waals surface area contributed by atoms with Crippen LogP contribution in [0.1, 0.15) is 39.5 Å². The van der Waals surface area contributed by atoms with Gasteiger partial charge in [0.15, 0.2) is 5.96 Å². The highest BCUT2D eigenvalue weighted by Gasteiger charge is 2.18. The van der Waals surface area contributed by atoms with Gasteiger partial charge in [-0.25, -0.2) is 0 Å². The minimum Gasteiger partial charge on any atom is -0.466 e. The molecule has 1 rings (SSSR count). The highest BCUT2D eigenvalue weighted by molar-refractivity contribution is 14.0. The Bertz CT molecular complexity index is 303. The molecule has 0 aromatic heterocycles. The quantitative estimate of drug-likeness (QED) is 0.254. The molecule has 0 amide bonds. The van der Waals surface area contributed by atoms with Gasteiger partial charge in [0, 0.05) is 33.1 Å². The molecule has 0 saturated carbocycles. The summed E-state index contributed by atoms with van der Waals surface area (Å²) in [6, 6.07) is 0. The van der Waals surface area contributed by atoms with E-state index >= 15 is 0 Å². The number of ether oxygens (including phenoxy) is 1. The molecule has 1 fully saturated rings. The van der Waals surface area contributed by atoms with Crippen LogP contribution in [0.2, 0.25) is 0 Å². The molecule has 1 aliphatic heterocycles. The van der Waals surface area contributed by atoms with Crippen LogP contribution >= 0.6 is 24.0 Å². The molecule has 0 aromatic rings. The van der Waals surface area contributed by atoms with Crippen LogP contribution in [0, 0.1) is 5.92 Å². The third kappa shape index (κ3) is 7.31. The highest BCUT2D eigenvalue weighted by atomic mass is 127. The zero-order valence-corrected chi connectivity index (χ0v) is 15.2. The zero-order chi connectivity index (χ0) is 14.1. The number of halogens is 1. The fourth-order valence-corrected chi connectivity index (χ4v) is 2.22. The van der Waals surface area contributed by atoms with Gasteiger partial charge in [-0.3, -0.25) is 9.79 Å². The molecular weight excluding hydrogens is 369 g/mol. The van der Waals surface area contributed by atoms with Crippen molar-refractivity contribution >= 4 is 35.9 Å². The molecule has 0 aromatic carbocycles. The van der Waals surface area contributed by atoms with Crippen LogP contribution in [0.3, 0.4) is 0 Å². The number of hydrogen-bond acceptors (Lipinski definition) is 3. The number of aliphatic imine (C=N–C) groups is 1. The largest absolute Gasteiger partial charge is 0.466 e. The van der Waals surface area contributed by atoms with Crippen LogP contribution < -0.4 is 5.32 Å². The lowest BCUT2D eigenvalue weighted by atomic mass is 10.00. The third-order valence-electron chi connectivity index (χ3n) is 3.44. The van der Waals surface area contributed by atoms with Gasteiger partial charge in [-0.1, -0.05) is 6.92 Å². The molecule has 0 radical (unpaired) electrons. The van der Waals surface area contributed by atoms with Crippen molar-refractivity contribution in [3.05, 3.63) is 0 Å². The lowest BCUT2D eigenvalue weighted by Crippen LogP contribution is -2.45. The smallest absolute Gasteiger partial charge is 0.305 e. The number of piperidine rings is 1. The maximum atomic E-state index is 11.2. The summed E-state index contributed by atoms with van der Waals surface area (Å²) in [7, 11) is 1.81. The van der Waals surface area contributed by atoms with E-state index in [0.717, 1.165) is 37.9 Å². The van der Waals surface area contributed by atoms with Crippen molar-refractivity contribution in [2.75, 3.05) is 33.3 Å². The number of esters is 1. The second kappa shape index (κ2) is 11.2. The number of guanidine groups is 1. The normalized spacial score (nSPS) is 16.6. The SMILES string of the molecule is CCOC(=O)CCCNC(=NC)N1CCC(C)CC1.I. The fourth-order valence-electron chi connectivity index (χ4n) is 2.22. The Labute approximate surface area is 139 Å². The Morgan fingerprint density at radius 1 is 1.40 bits per heavy atom. The first-order chi connectivity index (χ1) is 9.17. The molecule has 1 saturated heterocycles. The van der Waals surface area contributed by atoms with Crippen molar-refractivity contribution in [3.63, 3.8) is 0 Å². The average molecular weight is 397 g/mol. The predicted octanol–water partition coefficient (Wildman–Crippen LogP) is 2.26. The number of carbonyl (C=O) groups excluding carboxylic acids is 1. The molecule has 1 heterocycles. The van der Waals surface area contributed by atoms with Gasteiger partial charge in [0.05, 0.1) is 6.61 Å². The number of nitrogens with zero attached hydrogens (tertiary/aromatic N) is 2. The Balaban J connectivity index is 0.00000361. The molecule has 0 bridgehead atoms. The highest BCUT2D eigenvalue weighted by Crippen LogP contribution is 2.15. The van der Waals surface area contributed by atoms with Gasteiger partial charge in [0.1, 0.15) is 0 Å². The Hall–Kier alpha value is -0.530. The van der Waals surface area contributed by atoms with Crippen molar-refractivity contribution in [3.8, 4) is 0 Å². The zero-order valence-electron chi connectivity index (χ0n) is 12.9. The first-order valence-electron chi connectivity index (χ1n) is 7.28. The van der Waals surface area contributed by atoms with Gasteiger partial charge in [-0.15, -0.1) is 24.0 Å². The summed E-state index contributed by atoms with van der Waals surface area (Å²) in [6.07, 6.45) is 3.70. The van der Waals surface area contributed by atoms with Crippen LogP contribution in [0.25, 0.3) is 0 Å². The second-order valence-electron chi connectivity index (χ2n) is 5.05. The summed E-state index contributed by atoms with van der Waals surface area (Å²) in [5.41, 5.74) is 0. The number of likely N-dealkylation sites (tertiary alicyclic amines) is 1. The van der Waals surface area contributed by atoms with E-state index in [1.807, 2.05) is 14.0 Å². The summed E-state index contributed by atoms with van der Waals surface area (Å²) in [5, 5.41) is 3.32. The Morgan fingerprint density at radius 3 is 2.60 bits per heavy atom. The minimum absolute atomic E-state index is 0. The monoisotopic (exact) mass is 397 g/mol. The fraction of sp³-hybridized carbons (Fsp3) is 0.857. The summed E-state index contributed by atoms with van der Waals surface area (Å²) >= 11 is 0. The maximum Gasteiger partial charge on any atom is 0.305 e. The van der Waals surface area contributed by atoms with Gasteiger partial charge in [-0.05, 0) is 32.1 Å². The van der Waals surface area contributed by atoms with Crippen molar-refractivity contribution in [1.29, 1.82) is 0 Å². The van der Waals surface area contributed by atoms with Gasteiger partial charge >= 0.3 is 5.97 Å². The number of carbonyl (C=O) groups is 1. The maximum absolute atomic E-state index is 11.2. The van der Waals surface area contributed by atoms with Gasteiger partial charge in [-0.2, -0.15) is 0 Å². The summed E-state index contributed by atoms with van der Waals surface area (Å²) in [4.78, 5) is 17.8. The van der Waals surface area contributed by atoms with Crippen LogP contribution in [0.5, 0.6) is 0 Å². The van der Waals surface area contributed by atoms with E-state index in [-0.39, 0.29) is 29.9 Å². The summed E-state index contributed by atoms with van der Waals surface area (Å²) in [6.45, 7) is 7.48. The number of nitrogens with one attached hydrogen (secondary N) is 1. The number of rotatable bonds is 5. The van der Waals surface area contributed by atoms with Crippen molar-refractivity contribution in [2.24, 2.45) is 10.9 Å². The van der Waals surface area contributed by atoms with Gasteiger partial charge < -0.3 is 15.0 Å². The average Bonchev–Trinajstić information content (AvgIpc) is 2.41. The molecule has 0 aliphatic carbocycles. The molecule has 1 aliphatic rings. The van der Waals surface area contributed by atoms with E-state index < -0.39 is 0 Å². The lowest BCUT2D eigenvalue weighted by molar-refractivity contribution is -0.143. The first-order valence-corrected chi connectivity index (χ1v) is 7.28. The third-order valence-corrected chi connectivity index (χ3v) is 3.44. The van der Waals surface area contributed by atoms with E-state index in [1.165, 1.54) is 12.8 Å².